The Hall–Kier alpha value is -3.17. The molecule has 0 heterocycles. The van der Waals surface area contributed by atoms with Gasteiger partial charge in [0, 0.05) is 6.07 Å². The van der Waals surface area contributed by atoms with Crippen molar-refractivity contribution in [3.05, 3.63) is 27.8 Å². The molecule has 1 aromatic carbocycles. The van der Waals surface area contributed by atoms with Crippen molar-refractivity contribution in [2.75, 3.05) is 14.2 Å². The van der Waals surface area contributed by atoms with Crippen molar-refractivity contribution in [1.29, 1.82) is 0 Å². The minimum atomic E-state index is -1.48. The molecule has 0 aliphatic carbocycles. The van der Waals surface area contributed by atoms with Gasteiger partial charge in [0.1, 0.15) is 6.42 Å². The van der Waals surface area contributed by atoms with E-state index in [9.17, 15) is 24.5 Å². The fourth-order valence-corrected chi connectivity index (χ4v) is 1.52. The van der Waals surface area contributed by atoms with Crippen LogP contribution in [0.5, 0.6) is 11.5 Å². The van der Waals surface area contributed by atoms with Crippen LogP contribution in [0.15, 0.2) is 12.1 Å². The number of methoxy groups -OCH3 is 2. The lowest BCUT2D eigenvalue weighted by molar-refractivity contribution is -0.385. The number of unbranched alkanes of at least 4 members (excludes halogenated alkanes) is 1. The molecule has 0 saturated heterocycles. The fraction of sp³-hybridized carbons (Fsp3) is 0.438. The van der Waals surface area contributed by atoms with E-state index in [-0.39, 0.29) is 17.1 Å². The second-order valence-electron chi connectivity index (χ2n) is 4.82. The summed E-state index contributed by atoms with van der Waals surface area (Å²) < 4.78 is 14.0. The summed E-state index contributed by atoms with van der Waals surface area (Å²) in [5, 5.41) is 19.4. The third kappa shape index (κ3) is 7.16. The topological polar surface area (TPSA) is 142 Å². The summed E-state index contributed by atoms with van der Waals surface area (Å²) in [4.78, 5) is 43.3. The van der Waals surface area contributed by atoms with Crippen molar-refractivity contribution < 1.29 is 38.6 Å². The number of carbonyl (C=O) groups excluding carboxylic acids is 2. The molecule has 0 aliphatic heterocycles. The Morgan fingerprint density at radius 2 is 1.69 bits per heavy atom. The average Bonchev–Trinajstić information content (AvgIpc) is 2.59. The third-order valence-corrected chi connectivity index (χ3v) is 2.89. The van der Waals surface area contributed by atoms with Gasteiger partial charge >= 0.3 is 23.6 Å². The van der Waals surface area contributed by atoms with Gasteiger partial charge in [0.25, 0.3) is 0 Å². The Morgan fingerprint density at radius 3 is 2.08 bits per heavy atom. The zero-order valence-electron chi connectivity index (χ0n) is 14.9. The number of nitro groups is 1. The summed E-state index contributed by atoms with van der Waals surface area (Å²) in [5.74, 6) is -4.34. The molecule has 0 bridgehead atoms. The van der Waals surface area contributed by atoms with Gasteiger partial charge in [-0.3, -0.25) is 19.7 Å². The van der Waals surface area contributed by atoms with Crippen LogP contribution in [-0.2, 0) is 14.3 Å². The number of nitrogens with zero attached hydrogens (tertiary/aromatic N) is 1. The first-order valence-corrected chi connectivity index (χ1v) is 7.58. The first kappa shape index (κ1) is 22.8. The van der Waals surface area contributed by atoms with Gasteiger partial charge in [-0.2, -0.15) is 0 Å². The highest BCUT2D eigenvalue weighted by Gasteiger charge is 2.25. The monoisotopic (exact) mass is 371 g/mol. The van der Waals surface area contributed by atoms with Gasteiger partial charge in [-0.05, 0) is 6.07 Å². The zero-order valence-corrected chi connectivity index (χ0v) is 14.9. The van der Waals surface area contributed by atoms with Crippen molar-refractivity contribution in [1.82, 2.24) is 0 Å². The molecule has 0 atom stereocenters. The van der Waals surface area contributed by atoms with E-state index in [1.807, 2.05) is 0 Å². The van der Waals surface area contributed by atoms with Gasteiger partial charge in [0.15, 0.2) is 5.75 Å². The number of benzene rings is 1. The van der Waals surface area contributed by atoms with Crippen molar-refractivity contribution >= 4 is 23.6 Å². The molecular weight excluding hydrogens is 350 g/mol. The van der Waals surface area contributed by atoms with Crippen molar-refractivity contribution in [3.63, 3.8) is 0 Å². The molecule has 1 rings (SSSR count). The van der Waals surface area contributed by atoms with Gasteiger partial charge in [-0.25, -0.2) is 4.79 Å². The first-order valence-electron chi connectivity index (χ1n) is 7.58. The summed E-state index contributed by atoms with van der Waals surface area (Å²) >= 11 is 0. The summed E-state index contributed by atoms with van der Waals surface area (Å²) in [7, 11) is 2.38. The van der Waals surface area contributed by atoms with Gasteiger partial charge in [0.05, 0.1) is 24.7 Å². The van der Waals surface area contributed by atoms with E-state index >= 15 is 0 Å². The fourth-order valence-electron chi connectivity index (χ4n) is 1.52. The molecule has 0 radical (unpaired) electrons. The van der Waals surface area contributed by atoms with Crippen molar-refractivity contribution in [2.24, 2.45) is 0 Å². The molecule has 10 nitrogen and oxygen atoms in total. The number of carbonyl (C=O) groups is 3. The Morgan fingerprint density at radius 1 is 1.12 bits per heavy atom. The maximum atomic E-state index is 11.7. The molecule has 0 amide bonds. The lowest BCUT2D eigenvalue weighted by atomic mass is 10.1. The van der Waals surface area contributed by atoms with E-state index in [4.69, 9.17) is 14.6 Å². The van der Waals surface area contributed by atoms with E-state index in [1.54, 1.807) is 0 Å². The number of esters is 2. The molecular formula is C16H21NO9. The standard InChI is InChI=1S/C12H11NO9.C4H10/c1-20-8-4-6(3-7(13(18)19)11(8)21-2)12(17)22-10(16)5-9(14)15;1-3-4-2/h3-4H,5H2,1-2H3,(H,14,15);3-4H2,1-2H3. The predicted molar refractivity (Wildman–Crippen MR) is 89.5 cm³/mol. The van der Waals surface area contributed by atoms with E-state index in [1.165, 1.54) is 27.1 Å². The molecule has 0 spiro atoms. The Kier molecular flexibility index (Phi) is 10.0. The minimum absolute atomic E-state index is 0.116. The van der Waals surface area contributed by atoms with Gasteiger partial charge in [0.2, 0.25) is 5.75 Å². The highest BCUT2D eigenvalue weighted by molar-refractivity contribution is 6.01. The number of aliphatic carboxylic acids is 1. The molecule has 0 aliphatic rings. The third-order valence-electron chi connectivity index (χ3n) is 2.89. The molecule has 0 aromatic heterocycles. The normalized spacial score (nSPS) is 9.38. The Balaban J connectivity index is 0.00000141. The van der Waals surface area contributed by atoms with E-state index in [0.717, 1.165) is 12.1 Å². The molecule has 1 N–H and O–H groups in total. The Bertz CT molecular complexity index is 668. The number of ether oxygens (including phenoxy) is 3. The Labute approximate surface area is 149 Å². The number of nitro benzene ring substituents is 1. The van der Waals surface area contributed by atoms with Crippen LogP contribution >= 0.6 is 0 Å². The van der Waals surface area contributed by atoms with E-state index in [2.05, 4.69) is 18.6 Å². The van der Waals surface area contributed by atoms with Gasteiger partial charge < -0.3 is 19.3 Å². The molecule has 144 valence electrons. The highest BCUT2D eigenvalue weighted by Crippen LogP contribution is 2.38. The number of hydrogen-bond donors (Lipinski definition) is 1. The van der Waals surface area contributed by atoms with Crippen LogP contribution in [0, 0.1) is 10.1 Å². The highest BCUT2D eigenvalue weighted by atomic mass is 16.6. The molecule has 0 fully saturated rings. The van der Waals surface area contributed by atoms with Crippen LogP contribution in [-0.4, -0.2) is 42.2 Å². The van der Waals surface area contributed by atoms with Crippen molar-refractivity contribution in [3.8, 4) is 11.5 Å². The quantitative estimate of drug-likeness (QED) is 0.331. The summed E-state index contributed by atoms with van der Waals surface area (Å²) in [6.45, 7) is 4.36. The van der Waals surface area contributed by atoms with Gasteiger partial charge in [-0.15, -0.1) is 0 Å². The molecule has 26 heavy (non-hydrogen) atoms. The number of hydrogen-bond acceptors (Lipinski definition) is 8. The van der Waals surface area contributed by atoms with Crippen LogP contribution in [0.2, 0.25) is 0 Å². The second kappa shape index (κ2) is 11.4. The molecule has 0 unspecified atom stereocenters. The summed E-state index contributed by atoms with van der Waals surface area (Å²) in [5.41, 5.74) is -0.928. The van der Waals surface area contributed by atoms with Crippen molar-refractivity contribution in [2.45, 2.75) is 33.1 Å². The summed E-state index contributed by atoms with van der Waals surface area (Å²) in [6.07, 6.45) is 1.63. The maximum Gasteiger partial charge on any atom is 0.346 e. The van der Waals surface area contributed by atoms with Crippen LogP contribution < -0.4 is 9.47 Å². The molecule has 0 saturated carbocycles. The first-order chi connectivity index (χ1) is 12.2. The molecule has 1 aromatic rings. The van der Waals surface area contributed by atoms with Crippen LogP contribution in [0.3, 0.4) is 0 Å². The van der Waals surface area contributed by atoms with Crippen LogP contribution in [0.1, 0.15) is 43.5 Å². The zero-order chi connectivity index (χ0) is 20.3. The average molecular weight is 371 g/mol. The summed E-state index contributed by atoms with van der Waals surface area (Å²) in [6, 6.07) is 1.90. The van der Waals surface area contributed by atoms with Crippen LogP contribution in [0.4, 0.5) is 5.69 Å². The number of carboxylic acid groups (broad SMARTS) is 1. The SMILES string of the molecule is CCCC.COc1cc(C(=O)OC(=O)CC(=O)O)cc([N+](=O)[O-])c1OC. The molecule has 10 heteroatoms. The second-order valence-corrected chi connectivity index (χ2v) is 4.82. The maximum absolute atomic E-state index is 11.7. The number of rotatable bonds is 7. The van der Waals surface area contributed by atoms with Gasteiger partial charge in [-0.1, -0.05) is 26.7 Å². The number of carboxylic acids is 1. The van der Waals surface area contributed by atoms with Crippen LogP contribution in [0.25, 0.3) is 0 Å². The largest absolute Gasteiger partial charge is 0.493 e. The lowest BCUT2D eigenvalue weighted by Crippen LogP contribution is -2.16. The minimum Gasteiger partial charge on any atom is -0.493 e. The predicted octanol–water partition coefficient (Wildman–Crippen LogP) is 2.58. The smallest absolute Gasteiger partial charge is 0.346 e. The van der Waals surface area contributed by atoms with E-state index < -0.39 is 34.9 Å². The lowest BCUT2D eigenvalue weighted by Gasteiger charge is -2.09. The van der Waals surface area contributed by atoms with E-state index in [0.29, 0.717) is 0 Å².